The lowest BCUT2D eigenvalue weighted by atomic mass is 9.91. The highest BCUT2D eigenvalue weighted by Gasteiger charge is 2.38. The SMILES string of the molecule is C[C@H]1[C@@H](CSc2cccc[n+]2[O-])O[C@@H](c2cccc(-c3cccc(CNC(=O)c4cccnc4)c3)c2)O[C@H]1c1ccc(CO)cc1. The van der Waals surface area contributed by atoms with Gasteiger partial charge >= 0.3 is 0 Å². The summed E-state index contributed by atoms with van der Waals surface area (Å²) in [5.74, 6) is 0.395. The smallest absolute Gasteiger partial charge is 0.253 e. The number of hydrogen-bond donors (Lipinski definition) is 2. The minimum atomic E-state index is -0.638. The zero-order chi connectivity index (χ0) is 31.9. The number of hydrogen-bond acceptors (Lipinski definition) is 7. The Morgan fingerprint density at radius 1 is 0.913 bits per heavy atom. The Bertz CT molecular complexity index is 1770. The second-order valence-electron chi connectivity index (χ2n) is 11.2. The largest absolute Gasteiger partial charge is 0.618 e. The van der Waals surface area contributed by atoms with Crippen LogP contribution in [-0.4, -0.2) is 27.9 Å². The van der Waals surface area contributed by atoms with Crippen molar-refractivity contribution < 1.29 is 24.1 Å². The van der Waals surface area contributed by atoms with Crippen LogP contribution in [-0.2, 0) is 22.6 Å². The molecule has 1 aliphatic rings. The zero-order valence-corrected chi connectivity index (χ0v) is 26.2. The first-order valence-electron chi connectivity index (χ1n) is 15.2. The molecule has 4 atom stereocenters. The number of carbonyl (C=O) groups excluding carboxylic acids is 1. The van der Waals surface area contributed by atoms with Gasteiger partial charge in [-0.05, 0) is 58.1 Å². The topological polar surface area (TPSA) is 108 Å². The van der Waals surface area contributed by atoms with Crippen molar-refractivity contribution >= 4 is 17.7 Å². The molecule has 5 aromatic rings. The Morgan fingerprint density at radius 2 is 1.72 bits per heavy atom. The summed E-state index contributed by atoms with van der Waals surface area (Å²) in [6.07, 6.45) is 3.58. The van der Waals surface area contributed by atoms with Crippen molar-refractivity contribution in [3.8, 4) is 11.1 Å². The van der Waals surface area contributed by atoms with Gasteiger partial charge in [0.15, 0.2) is 12.5 Å². The van der Waals surface area contributed by atoms with Gasteiger partial charge in [0.05, 0.1) is 24.4 Å². The number of ether oxygens (including phenoxy) is 2. The molecule has 46 heavy (non-hydrogen) atoms. The molecule has 9 heteroatoms. The average molecular weight is 634 g/mol. The van der Waals surface area contributed by atoms with Crippen molar-refractivity contribution in [3.05, 3.63) is 155 Å². The number of pyridine rings is 2. The average Bonchev–Trinajstić information content (AvgIpc) is 3.11. The third-order valence-electron chi connectivity index (χ3n) is 8.10. The predicted molar refractivity (Wildman–Crippen MR) is 176 cm³/mol. The van der Waals surface area contributed by atoms with Crippen molar-refractivity contribution in [2.45, 2.75) is 43.6 Å². The quantitative estimate of drug-likeness (QED) is 0.104. The second kappa shape index (κ2) is 14.7. The van der Waals surface area contributed by atoms with Crippen LogP contribution in [0.15, 0.2) is 127 Å². The molecule has 3 heterocycles. The van der Waals surface area contributed by atoms with Crippen LogP contribution in [0.5, 0.6) is 0 Å². The molecule has 6 rings (SSSR count). The number of aromatic nitrogens is 2. The summed E-state index contributed by atoms with van der Waals surface area (Å²) in [5.41, 5.74) is 6.21. The number of nitrogens with zero attached hydrogens (tertiary/aromatic N) is 2. The molecule has 2 aromatic heterocycles. The highest BCUT2D eigenvalue weighted by atomic mass is 32.2. The maximum atomic E-state index is 12.5. The molecule has 0 radical (unpaired) electrons. The lowest BCUT2D eigenvalue weighted by Gasteiger charge is -2.41. The summed E-state index contributed by atoms with van der Waals surface area (Å²) in [5, 5.41) is 25.5. The van der Waals surface area contributed by atoms with Gasteiger partial charge in [-0.25, -0.2) is 0 Å². The molecule has 1 amide bonds. The van der Waals surface area contributed by atoms with Crippen molar-refractivity contribution in [1.29, 1.82) is 0 Å². The summed E-state index contributed by atoms with van der Waals surface area (Å²) in [6, 6.07) is 32.9. The van der Waals surface area contributed by atoms with Gasteiger partial charge in [0.2, 0.25) is 0 Å². The van der Waals surface area contributed by atoms with Gasteiger partial charge in [-0.2, -0.15) is 4.73 Å². The van der Waals surface area contributed by atoms with Crippen LogP contribution >= 0.6 is 11.8 Å². The van der Waals surface area contributed by atoms with E-state index in [1.165, 1.54) is 18.0 Å². The summed E-state index contributed by atoms with van der Waals surface area (Å²) >= 11 is 1.47. The summed E-state index contributed by atoms with van der Waals surface area (Å²) < 4.78 is 14.2. The maximum Gasteiger partial charge on any atom is 0.253 e. The monoisotopic (exact) mass is 633 g/mol. The molecule has 1 saturated heterocycles. The van der Waals surface area contributed by atoms with E-state index >= 15 is 0 Å². The molecule has 0 aliphatic carbocycles. The fraction of sp³-hybridized carbons (Fsp3) is 0.216. The Kier molecular flexibility index (Phi) is 10.0. The van der Waals surface area contributed by atoms with E-state index in [-0.39, 0.29) is 30.6 Å². The Morgan fingerprint density at radius 3 is 2.48 bits per heavy atom. The molecule has 2 N–H and O–H groups in total. The van der Waals surface area contributed by atoms with Gasteiger partial charge in [-0.3, -0.25) is 9.78 Å². The van der Waals surface area contributed by atoms with E-state index in [0.717, 1.165) is 38.1 Å². The first kappa shape index (κ1) is 31.4. The molecule has 8 nitrogen and oxygen atoms in total. The van der Waals surface area contributed by atoms with Crippen LogP contribution in [0.2, 0.25) is 0 Å². The van der Waals surface area contributed by atoms with E-state index in [2.05, 4.69) is 29.4 Å². The number of carbonyl (C=O) groups is 1. The third kappa shape index (κ3) is 7.46. The number of aliphatic hydroxyl groups excluding tert-OH is 1. The maximum absolute atomic E-state index is 12.5. The van der Waals surface area contributed by atoms with E-state index in [9.17, 15) is 15.1 Å². The summed E-state index contributed by atoms with van der Waals surface area (Å²) in [6.45, 7) is 2.47. The molecule has 234 valence electrons. The normalized spacial score (nSPS) is 19.4. The number of aliphatic hydroxyl groups is 1. The number of thioether (sulfide) groups is 1. The zero-order valence-electron chi connectivity index (χ0n) is 25.4. The van der Waals surface area contributed by atoms with Crippen molar-refractivity contribution in [3.63, 3.8) is 0 Å². The van der Waals surface area contributed by atoms with E-state index in [0.29, 0.717) is 22.9 Å². The highest BCUT2D eigenvalue weighted by molar-refractivity contribution is 7.99. The van der Waals surface area contributed by atoms with Crippen LogP contribution in [0.3, 0.4) is 0 Å². The number of benzene rings is 3. The second-order valence-corrected chi connectivity index (χ2v) is 12.3. The number of rotatable bonds is 10. The number of amides is 1. The molecular weight excluding hydrogens is 598 g/mol. The first-order valence-corrected chi connectivity index (χ1v) is 16.2. The Balaban J connectivity index is 1.23. The van der Waals surface area contributed by atoms with Gasteiger partial charge in [-0.1, -0.05) is 79.3 Å². The van der Waals surface area contributed by atoms with Crippen LogP contribution in [0.4, 0.5) is 0 Å². The Labute approximate surface area is 272 Å². The predicted octanol–water partition coefficient (Wildman–Crippen LogP) is 6.39. The van der Waals surface area contributed by atoms with Gasteiger partial charge in [0.25, 0.3) is 10.9 Å². The molecule has 0 bridgehead atoms. The van der Waals surface area contributed by atoms with E-state index in [1.807, 2.05) is 72.8 Å². The van der Waals surface area contributed by atoms with Gasteiger partial charge in [0.1, 0.15) is 0 Å². The van der Waals surface area contributed by atoms with E-state index < -0.39 is 6.29 Å². The number of nitrogens with one attached hydrogen (secondary N) is 1. The molecule has 0 spiro atoms. The first-order chi connectivity index (χ1) is 22.5. The third-order valence-corrected chi connectivity index (χ3v) is 9.21. The molecule has 0 unspecified atom stereocenters. The van der Waals surface area contributed by atoms with Crippen LogP contribution in [0.25, 0.3) is 11.1 Å². The van der Waals surface area contributed by atoms with Crippen molar-refractivity contribution in [1.82, 2.24) is 10.3 Å². The highest BCUT2D eigenvalue weighted by Crippen LogP contribution is 2.43. The van der Waals surface area contributed by atoms with Gasteiger partial charge < -0.3 is 25.1 Å². The molecule has 3 aromatic carbocycles. The van der Waals surface area contributed by atoms with E-state index in [1.54, 1.807) is 30.6 Å². The molecular formula is C37H35N3O5S. The van der Waals surface area contributed by atoms with Gasteiger partial charge in [0, 0.05) is 48.3 Å². The van der Waals surface area contributed by atoms with Crippen LogP contribution < -0.4 is 10.0 Å². The van der Waals surface area contributed by atoms with Crippen molar-refractivity contribution in [2.24, 2.45) is 5.92 Å². The molecule has 0 saturated carbocycles. The lowest BCUT2D eigenvalue weighted by Crippen LogP contribution is -2.39. The summed E-state index contributed by atoms with van der Waals surface area (Å²) in [7, 11) is 0. The minimum Gasteiger partial charge on any atom is -0.618 e. The van der Waals surface area contributed by atoms with Crippen molar-refractivity contribution in [2.75, 3.05) is 5.75 Å². The fourth-order valence-corrected chi connectivity index (χ4v) is 6.59. The van der Waals surface area contributed by atoms with Crippen LogP contribution in [0, 0.1) is 11.1 Å². The summed E-state index contributed by atoms with van der Waals surface area (Å²) in [4.78, 5) is 16.6. The lowest BCUT2D eigenvalue weighted by molar-refractivity contribution is -0.645. The Hall–Kier alpha value is -4.54. The fourth-order valence-electron chi connectivity index (χ4n) is 5.51. The molecule has 1 fully saturated rings. The van der Waals surface area contributed by atoms with E-state index in [4.69, 9.17) is 9.47 Å². The standard InChI is InChI=1S/C37H35N3O5S/c1-25-33(24-46-34-12-2-3-18-40(34)43)44-37(45-35(25)28-15-13-26(23-41)14-16-28)31-10-5-9-30(20-31)29-8-4-7-27(19-29)21-39-36(42)32-11-6-17-38-22-32/h2-20,22,25,33,35,37,41H,21,23-24H2,1H3,(H,39,42)/t25-,33+,35+,37+/m0/s1. The van der Waals surface area contributed by atoms with Gasteiger partial charge in [-0.15, -0.1) is 0 Å². The minimum absolute atomic E-state index is 0.00529. The van der Waals surface area contributed by atoms with Crippen LogP contribution in [0.1, 0.15) is 51.9 Å². The molecule has 1 aliphatic heterocycles.